The van der Waals surface area contributed by atoms with Gasteiger partial charge in [-0.1, -0.05) is 6.07 Å². The van der Waals surface area contributed by atoms with Gasteiger partial charge in [-0.15, -0.1) is 0 Å². The van der Waals surface area contributed by atoms with E-state index in [1.807, 2.05) is 6.07 Å². The van der Waals surface area contributed by atoms with E-state index < -0.39 is 29.3 Å². The molecular formula is C20H29IN2O5. The number of esters is 1. The number of benzene rings is 1. The summed E-state index contributed by atoms with van der Waals surface area (Å²) in [6, 6.07) is 4.50. The third-order valence-electron chi connectivity index (χ3n) is 3.17. The van der Waals surface area contributed by atoms with Crippen LogP contribution in [0, 0.1) is 3.57 Å². The SMILES string of the molecule is CC(=O)Nc1ccc(CC(NC(=O)OC(C)(C)C)C(=O)OC(C)(C)C)cc1I. The lowest BCUT2D eigenvalue weighted by Crippen LogP contribution is -2.47. The predicted octanol–water partition coefficient (Wildman–Crippen LogP) is 4.03. The molecule has 156 valence electrons. The van der Waals surface area contributed by atoms with Crippen LogP contribution in [0.1, 0.15) is 54.0 Å². The van der Waals surface area contributed by atoms with Crippen LogP contribution in [0.4, 0.5) is 10.5 Å². The van der Waals surface area contributed by atoms with Crippen LogP contribution in [0.25, 0.3) is 0 Å². The van der Waals surface area contributed by atoms with Crippen LogP contribution in [-0.2, 0) is 25.5 Å². The number of alkyl carbamates (subject to hydrolysis) is 1. The minimum Gasteiger partial charge on any atom is -0.458 e. The first-order valence-electron chi connectivity index (χ1n) is 8.95. The second kappa shape index (κ2) is 9.58. The average molecular weight is 504 g/mol. The third kappa shape index (κ3) is 9.38. The van der Waals surface area contributed by atoms with Crippen LogP contribution in [0.2, 0.25) is 0 Å². The molecule has 0 aliphatic rings. The molecule has 0 aromatic heterocycles. The number of rotatable bonds is 5. The first-order valence-corrected chi connectivity index (χ1v) is 10.0. The Morgan fingerprint density at radius 2 is 1.61 bits per heavy atom. The standard InChI is InChI=1S/C20H29IN2O5/c1-12(24)22-15-9-8-13(10-14(15)21)11-16(17(25)27-19(2,3)4)23-18(26)28-20(5,6)7/h8-10,16H,11H2,1-7H3,(H,22,24)(H,23,26). The van der Waals surface area contributed by atoms with Gasteiger partial charge in [-0.05, 0) is 81.8 Å². The maximum Gasteiger partial charge on any atom is 0.408 e. The number of nitrogens with one attached hydrogen (secondary N) is 2. The monoisotopic (exact) mass is 504 g/mol. The van der Waals surface area contributed by atoms with E-state index in [0.717, 1.165) is 9.13 Å². The molecule has 0 aliphatic carbocycles. The summed E-state index contributed by atoms with van der Waals surface area (Å²) in [5, 5.41) is 5.34. The highest BCUT2D eigenvalue weighted by Gasteiger charge is 2.29. The molecule has 1 aromatic rings. The van der Waals surface area contributed by atoms with E-state index in [2.05, 4.69) is 33.2 Å². The zero-order valence-electron chi connectivity index (χ0n) is 17.4. The van der Waals surface area contributed by atoms with E-state index in [4.69, 9.17) is 9.47 Å². The Bertz CT molecular complexity index is 735. The number of halogens is 1. The second-order valence-electron chi connectivity index (χ2n) is 8.43. The molecule has 0 saturated carbocycles. The van der Waals surface area contributed by atoms with Gasteiger partial charge in [0.2, 0.25) is 5.91 Å². The number of hydrogen-bond acceptors (Lipinski definition) is 5. The molecule has 1 rings (SSSR count). The largest absolute Gasteiger partial charge is 0.458 e. The Hall–Kier alpha value is -1.84. The van der Waals surface area contributed by atoms with Crippen molar-refractivity contribution in [1.29, 1.82) is 0 Å². The molecular weight excluding hydrogens is 475 g/mol. The molecule has 2 amide bonds. The molecule has 8 heteroatoms. The van der Waals surface area contributed by atoms with Crippen LogP contribution >= 0.6 is 22.6 Å². The van der Waals surface area contributed by atoms with Crippen molar-refractivity contribution in [2.75, 3.05) is 5.32 Å². The van der Waals surface area contributed by atoms with Gasteiger partial charge in [0.05, 0.1) is 5.69 Å². The highest BCUT2D eigenvalue weighted by molar-refractivity contribution is 14.1. The van der Waals surface area contributed by atoms with E-state index in [0.29, 0.717) is 5.69 Å². The molecule has 2 N–H and O–H groups in total. The summed E-state index contributed by atoms with van der Waals surface area (Å²) >= 11 is 2.11. The van der Waals surface area contributed by atoms with Gasteiger partial charge < -0.3 is 20.1 Å². The van der Waals surface area contributed by atoms with Gasteiger partial charge in [0, 0.05) is 16.9 Å². The summed E-state index contributed by atoms with van der Waals surface area (Å²) in [4.78, 5) is 36.0. The first-order chi connectivity index (χ1) is 12.7. The fraction of sp³-hybridized carbons (Fsp3) is 0.550. The van der Waals surface area contributed by atoms with Gasteiger partial charge in [0.25, 0.3) is 0 Å². The number of carbonyl (C=O) groups excluding carboxylic acids is 3. The van der Waals surface area contributed by atoms with Crippen molar-refractivity contribution in [2.24, 2.45) is 0 Å². The van der Waals surface area contributed by atoms with Gasteiger partial charge in [-0.25, -0.2) is 9.59 Å². The van der Waals surface area contributed by atoms with Crippen molar-refractivity contribution in [3.05, 3.63) is 27.3 Å². The maximum absolute atomic E-state index is 12.6. The van der Waals surface area contributed by atoms with Gasteiger partial charge in [0.1, 0.15) is 17.2 Å². The summed E-state index contributed by atoms with van der Waals surface area (Å²) in [5.41, 5.74) is 0.128. The Morgan fingerprint density at radius 1 is 1.04 bits per heavy atom. The lowest BCUT2D eigenvalue weighted by molar-refractivity contribution is -0.157. The molecule has 0 fully saturated rings. The van der Waals surface area contributed by atoms with Crippen molar-refractivity contribution < 1.29 is 23.9 Å². The predicted molar refractivity (Wildman–Crippen MR) is 116 cm³/mol. The Labute approximate surface area is 180 Å². The number of hydrogen-bond donors (Lipinski definition) is 2. The minimum absolute atomic E-state index is 0.163. The molecule has 0 saturated heterocycles. The number of anilines is 1. The first kappa shape index (κ1) is 24.2. The molecule has 1 aromatic carbocycles. The lowest BCUT2D eigenvalue weighted by atomic mass is 10.0. The fourth-order valence-corrected chi connectivity index (χ4v) is 2.94. The van der Waals surface area contributed by atoms with Gasteiger partial charge in [0.15, 0.2) is 0 Å². The van der Waals surface area contributed by atoms with E-state index in [1.165, 1.54) is 6.92 Å². The molecule has 0 radical (unpaired) electrons. The Kier molecular flexibility index (Phi) is 8.28. The van der Waals surface area contributed by atoms with E-state index in [-0.39, 0.29) is 12.3 Å². The van der Waals surface area contributed by atoms with Crippen molar-refractivity contribution in [3.8, 4) is 0 Å². The summed E-state index contributed by atoms with van der Waals surface area (Å²) in [6.07, 6.45) is -0.460. The van der Waals surface area contributed by atoms with E-state index >= 15 is 0 Å². The second-order valence-corrected chi connectivity index (χ2v) is 9.59. The highest BCUT2D eigenvalue weighted by atomic mass is 127. The molecule has 0 spiro atoms. The summed E-state index contributed by atoms with van der Waals surface area (Å²) in [6.45, 7) is 12.0. The van der Waals surface area contributed by atoms with E-state index in [1.54, 1.807) is 53.7 Å². The van der Waals surface area contributed by atoms with Gasteiger partial charge in [-0.3, -0.25) is 4.79 Å². The number of ether oxygens (including phenoxy) is 2. The summed E-state index contributed by atoms with van der Waals surface area (Å²) in [5.74, 6) is -0.705. The van der Waals surface area contributed by atoms with Crippen LogP contribution in [0.3, 0.4) is 0 Å². The average Bonchev–Trinajstić information content (AvgIpc) is 2.45. The van der Waals surface area contributed by atoms with Crippen LogP contribution in [0.15, 0.2) is 18.2 Å². The van der Waals surface area contributed by atoms with Crippen molar-refractivity contribution in [3.63, 3.8) is 0 Å². The quantitative estimate of drug-likeness (QED) is 0.467. The summed E-state index contributed by atoms with van der Waals surface area (Å²) < 4.78 is 11.5. The topological polar surface area (TPSA) is 93.7 Å². The van der Waals surface area contributed by atoms with Crippen LogP contribution < -0.4 is 10.6 Å². The molecule has 0 bridgehead atoms. The number of amides is 2. The molecule has 1 unspecified atom stereocenters. The zero-order chi connectivity index (χ0) is 21.7. The highest BCUT2D eigenvalue weighted by Crippen LogP contribution is 2.21. The Balaban J connectivity index is 3.01. The molecule has 0 aliphatic heterocycles. The third-order valence-corrected chi connectivity index (χ3v) is 4.06. The van der Waals surface area contributed by atoms with Crippen LogP contribution in [-0.4, -0.2) is 35.2 Å². The molecule has 7 nitrogen and oxygen atoms in total. The van der Waals surface area contributed by atoms with Crippen molar-refractivity contribution in [1.82, 2.24) is 5.32 Å². The molecule has 1 atom stereocenters. The van der Waals surface area contributed by atoms with E-state index in [9.17, 15) is 14.4 Å². The fourth-order valence-electron chi connectivity index (χ4n) is 2.23. The normalized spacial score (nSPS) is 12.7. The smallest absolute Gasteiger partial charge is 0.408 e. The number of carbonyl (C=O) groups is 3. The zero-order valence-corrected chi connectivity index (χ0v) is 19.6. The molecule has 28 heavy (non-hydrogen) atoms. The lowest BCUT2D eigenvalue weighted by Gasteiger charge is -2.26. The summed E-state index contributed by atoms with van der Waals surface area (Å²) in [7, 11) is 0. The van der Waals surface area contributed by atoms with Gasteiger partial charge >= 0.3 is 12.1 Å². The van der Waals surface area contributed by atoms with Crippen molar-refractivity contribution >= 4 is 46.2 Å². The van der Waals surface area contributed by atoms with Crippen LogP contribution in [0.5, 0.6) is 0 Å². The Morgan fingerprint density at radius 3 is 2.07 bits per heavy atom. The molecule has 0 heterocycles. The van der Waals surface area contributed by atoms with Crippen molar-refractivity contribution in [2.45, 2.75) is 72.1 Å². The van der Waals surface area contributed by atoms with Gasteiger partial charge in [-0.2, -0.15) is 0 Å². The minimum atomic E-state index is -0.906. The maximum atomic E-state index is 12.6.